The number of nitrogens with zero attached hydrogens (tertiary/aromatic N) is 2. The minimum absolute atomic E-state index is 1.00. The Bertz CT molecular complexity index is 2710. The molecule has 2 nitrogen and oxygen atoms in total. The molecule has 0 N–H and O–H groups in total. The molecule has 0 unspecified atom stereocenters. The van der Waals surface area contributed by atoms with Crippen LogP contribution in [0.4, 0.5) is 0 Å². The quantitative estimate of drug-likeness (QED) is 0.198. The van der Waals surface area contributed by atoms with Crippen LogP contribution in [0.3, 0.4) is 0 Å². The molecule has 0 fully saturated rings. The van der Waals surface area contributed by atoms with Gasteiger partial charge >= 0.3 is 0 Å². The van der Waals surface area contributed by atoms with Crippen molar-refractivity contribution >= 4 is 70.7 Å². The van der Waals surface area contributed by atoms with Crippen molar-refractivity contribution in [1.29, 1.82) is 0 Å². The Morgan fingerprint density at radius 2 is 1.07 bits per heavy atom. The van der Waals surface area contributed by atoms with Crippen LogP contribution < -0.4 is 0 Å². The van der Waals surface area contributed by atoms with Gasteiger partial charge in [-0.25, -0.2) is 4.98 Å². The van der Waals surface area contributed by atoms with Crippen molar-refractivity contribution in [3.05, 3.63) is 146 Å². The first-order valence-corrected chi connectivity index (χ1v) is 14.8. The fourth-order valence-electron chi connectivity index (χ4n) is 7.34. The Morgan fingerprint density at radius 3 is 1.98 bits per heavy atom. The zero-order valence-electron chi connectivity index (χ0n) is 23.3. The lowest BCUT2D eigenvalue weighted by Gasteiger charge is -2.15. The van der Waals surface area contributed by atoms with E-state index in [9.17, 15) is 0 Å². The molecule has 2 heterocycles. The van der Waals surface area contributed by atoms with Gasteiger partial charge in [-0.1, -0.05) is 121 Å². The lowest BCUT2D eigenvalue weighted by Crippen LogP contribution is -1.92. The highest BCUT2D eigenvalue weighted by atomic mass is 15.0. The van der Waals surface area contributed by atoms with E-state index in [1.165, 1.54) is 76.2 Å². The van der Waals surface area contributed by atoms with Crippen LogP contribution in [0, 0.1) is 0 Å². The minimum atomic E-state index is 1.00. The van der Waals surface area contributed by atoms with Crippen molar-refractivity contribution in [2.45, 2.75) is 0 Å². The first-order valence-electron chi connectivity index (χ1n) is 14.8. The van der Waals surface area contributed by atoms with Gasteiger partial charge in [0, 0.05) is 10.8 Å². The van der Waals surface area contributed by atoms with Gasteiger partial charge < -0.3 is 0 Å². The van der Waals surface area contributed by atoms with E-state index in [-0.39, 0.29) is 0 Å². The van der Waals surface area contributed by atoms with Gasteiger partial charge in [-0.3, -0.25) is 4.40 Å². The Hall–Kier alpha value is -5.73. The molecule has 198 valence electrons. The molecule has 10 rings (SSSR count). The minimum Gasteiger partial charge on any atom is -0.292 e. The normalized spacial score (nSPS) is 12.2. The zero-order valence-corrected chi connectivity index (χ0v) is 23.3. The molecule has 2 aromatic heterocycles. The number of pyridine rings is 1. The Labute approximate surface area is 247 Å². The molecule has 0 spiro atoms. The maximum absolute atomic E-state index is 5.08. The number of hydrogen-bond acceptors (Lipinski definition) is 1. The molecule has 0 atom stereocenters. The summed E-state index contributed by atoms with van der Waals surface area (Å²) in [6.07, 6.45) is 0. The average molecular weight is 545 g/mol. The second-order valence-electron chi connectivity index (χ2n) is 11.6. The van der Waals surface area contributed by atoms with Gasteiger partial charge in [0.05, 0.1) is 16.6 Å². The standard InChI is InChI=1S/C41H24N2/c1-2-12-35-32(11-1)33-21-19-29(24-38(33)43-37-14-4-3-13-36(37)42-41(35)43)28-9-6-10-30(23-28)31-20-17-27-16-15-25-7-5-8-26-18-22-34(31)40(27)39(25)26/h1-24H. The van der Waals surface area contributed by atoms with E-state index in [0.29, 0.717) is 0 Å². The van der Waals surface area contributed by atoms with Crippen molar-refractivity contribution in [3.63, 3.8) is 0 Å². The highest BCUT2D eigenvalue weighted by molar-refractivity contribution is 6.25. The van der Waals surface area contributed by atoms with Gasteiger partial charge in [-0.2, -0.15) is 0 Å². The van der Waals surface area contributed by atoms with Gasteiger partial charge in [0.2, 0.25) is 0 Å². The number of imidazole rings is 1. The van der Waals surface area contributed by atoms with Gasteiger partial charge in [-0.05, 0) is 84.2 Å². The van der Waals surface area contributed by atoms with Crippen LogP contribution in [0.2, 0.25) is 0 Å². The van der Waals surface area contributed by atoms with Crippen molar-refractivity contribution in [1.82, 2.24) is 9.38 Å². The summed E-state index contributed by atoms with van der Waals surface area (Å²) in [5.41, 5.74) is 9.22. The predicted molar refractivity (Wildman–Crippen MR) is 182 cm³/mol. The molecule has 0 amide bonds. The monoisotopic (exact) mass is 544 g/mol. The summed E-state index contributed by atoms with van der Waals surface area (Å²) in [4.78, 5) is 5.08. The van der Waals surface area contributed by atoms with Gasteiger partial charge in [0.1, 0.15) is 5.65 Å². The molecule has 0 aliphatic rings. The van der Waals surface area contributed by atoms with E-state index >= 15 is 0 Å². The number of fused-ring (bicyclic) bond motifs is 8. The second-order valence-corrected chi connectivity index (χ2v) is 11.6. The largest absolute Gasteiger partial charge is 0.292 e. The summed E-state index contributed by atoms with van der Waals surface area (Å²) < 4.78 is 2.33. The summed E-state index contributed by atoms with van der Waals surface area (Å²) in [6.45, 7) is 0. The molecule has 2 heteroatoms. The van der Waals surface area contributed by atoms with Crippen LogP contribution in [-0.2, 0) is 0 Å². The van der Waals surface area contributed by atoms with E-state index < -0.39 is 0 Å². The maximum Gasteiger partial charge on any atom is 0.146 e. The van der Waals surface area contributed by atoms with Gasteiger partial charge in [0.15, 0.2) is 0 Å². The molecule has 0 bridgehead atoms. The lowest BCUT2D eigenvalue weighted by molar-refractivity contribution is 1.31. The molecular formula is C41H24N2. The summed E-state index contributed by atoms with van der Waals surface area (Å²) in [5.74, 6) is 0. The Balaban J connectivity index is 1.22. The number of rotatable bonds is 2. The van der Waals surface area contributed by atoms with Crippen LogP contribution in [0.1, 0.15) is 0 Å². The maximum atomic E-state index is 5.08. The zero-order chi connectivity index (χ0) is 28.1. The fraction of sp³-hybridized carbons (Fsp3) is 0. The molecule has 10 aromatic rings. The van der Waals surface area contributed by atoms with Crippen LogP contribution in [0.25, 0.3) is 92.9 Å². The third-order valence-corrected chi connectivity index (χ3v) is 9.29. The molecule has 43 heavy (non-hydrogen) atoms. The second kappa shape index (κ2) is 8.40. The SMILES string of the molecule is c1cc(-c2ccc3c4ccccc4c4nc5ccccc5n4c3c2)cc(-c2ccc3ccc4cccc5ccc2c3c45)c1. The molecule has 0 aliphatic heterocycles. The van der Waals surface area contributed by atoms with Gasteiger partial charge in [0.25, 0.3) is 0 Å². The number of benzene rings is 8. The fourth-order valence-corrected chi connectivity index (χ4v) is 7.34. The third kappa shape index (κ3) is 3.15. The Kier molecular flexibility index (Phi) is 4.48. The van der Waals surface area contributed by atoms with Crippen molar-refractivity contribution in [2.75, 3.05) is 0 Å². The molecule has 0 saturated heterocycles. The summed E-state index contributed by atoms with van der Waals surface area (Å²) in [7, 11) is 0. The number of aromatic nitrogens is 2. The molecule has 0 radical (unpaired) electrons. The van der Waals surface area contributed by atoms with E-state index in [0.717, 1.165) is 16.7 Å². The smallest absolute Gasteiger partial charge is 0.146 e. The lowest BCUT2D eigenvalue weighted by atomic mass is 9.89. The van der Waals surface area contributed by atoms with Crippen LogP contribution in [0.5, 0.6) is 0 Å². The predicted octanol–water partition coefficient (Wildman–Crippen LogP) is 11.0. The molecular weight excluding hydrogens is 520 g/mol. The first kappa shape index (κ1) is 22.9. The highest BCUT2D eigenvalue weighted by Crippen LogP contribution is 2.40. The van der Waals surface area contributed by atoms with Crippen molar-refractivity contribution in [2.24, 2.45) is 0 Å². The van der Waals surface area contributed by atoms with E-state index in [1.54, 1.807) is 0 Å². The number of para-hydroxylation sites is 2. The summed E-state index contributed by atoms with van der Waals surface area (Å²) >= 11 is 0. The van der Waals surface area contributed by atoms with E-state index in [1.807, 2.05) is 0 Å². The highest BCUT2D eigenvalue weighted by Gasteiger charge is 2.15. The molecule has 0 saturated carbocycles. The van der Waals surface area contributed by atoms with Crippen LogP contribution in [0.15, 0.2) is 146 Å². The topological polar surface area (TPSA) is 17.3 Å². The van der Waals surface area contributed by atoms with E-state index in [2.05, 4.69) is 150 Å². The van der Waals surface area contributed by atoms with Crippen molar-refractivity contribution < 1.29 is 0 Å². The average Bonchev–Trinajstić information content (AvgIpc) is 3.47. The first-order chi connectivity index (χ1) is 21.3. The van der Waals surface area contributed by atoms with Crippen LogP contribution >= 0.6 is 0 Å². The molecule has 0 aliphatic carbocycles. The Morgan fingerprint density at radius 1 is 0.395 bits per heavy atom. The molecule has 8 aromatic carbocycles. The van der Waals surface area contributed by atoms with Crippen LogP contribution in [-0.4, -0.2) is 9.38 Å². The summed E-state index contributed by atoms with van der Waals surface area (Å²) in [6, 6.07) is 53.2. The van der Waals surface area contributed by atoms with Gasteiger partial charge in [-0.15, -0.1) is 0 Å². The third-order valence-electron chi connectivity index (χ3n) is 9.29. The number of hydrogen-bond donors (Lipinski definition) is 0. The summed E-state index contributed by atoms with van der Waals surface area (Å²) in [5, 5.41) is 11.5. The van der Waals surface area contributed by atoms with E-state index in [4.69, 9.17) is 4.98 Å². The van der Waals surface area contributed by atoms with Crippen molar-refractivity contribution in [3.8, 4) is 22.3 Å².